The van der Waals surface area contributed by atoms with Crippen molar-refractivity contribution in [3.8, 4) is 0 Å². The van der Waals surface area contributed by atoms with Crippen molar-refractivity contribution in [1.82, 2.24) is 0 Å². The minimum atomic E-state index is 0. The molecule has 2 N–H and O–H groups in total. The summed E-state index contributed by atoms with van der Waals surface area (Å²) in [5.74, 6) is 3.71. The van der Waals surface area contributed by atoms with Gasteiger partial charge in [0.1, 0.15) is 0 Å². The van der Waals surface area contributed by atoms with Crippen LogP contribution in [0, 0.1) is 23.7 Å². The fourth-order valence-corrected chi connectivity index (χ4v) is 5.76. The molecule has 2 aliphatic rings. The Balaban J connectivity index is 0.00000312. The number of rotatable bonds is 9. The molecule has 2 saturated heterocycles. The van der Waals surface area contributed by atoms with E-state index in [-0.39, 0.29) is 11.0 Å². The van der Waals surface area contributed by atoms with Gasteiger partial charge in [-0.15, -0.1) is 0 Å². The van der Waals surface area contributed by atoms with Crippen LogP contribution in [0.1, 0.15) is 67.2 Å². The lowest BCUT2D eigenvalue weighted by Gasteiger charge is -2.34. The zero-order valence-electron chi connectivity index (χ0n) is 18.6. The first-order chi connectivity index (χ1) is 11.4. The van der Waals surface area contributed by atoms with Gasteiger partial charge < -0.3 is 19.9 Å². The van der Waals surface area contributed by atoms with Gasteiger partial charge in [-0.25, -0.2) is 0 Å². The number of unbranched alkanes of at least 4 members (excludes halogenated alkanes) is 3. The van der Waals surface area contributed by atoms with E-state index in [1.54, 1.807) is 0 Å². The van der Waals surface area contributed by atoms with E-state index in [9.17, 15) is 0 Å². The molecule has 0 bridgehead atoms. The molecule has 4 nitrogen and oxygen atoms in total. The summed E-state index contributed by atoms with van der Waals surface area (Å²) in [7, 11) is 0. The zero-order valence-corrected chi connectivity index (χ0v) is 18.6. The van der Waals surface area contributed by atoms with E-state index in [0.717, 1.165) is 23.7 Å². The highest BCUT2D eigenvalue weighted by Crippen LogP contribution is 2.31. The van der Waals surface area contributed by atoms with Gasteiger partial charge in [0.05, 0.1) is 52.4 Å². The third-order valence-electron chi connectivity index (χ3n) is 8.00. The van der Waals surface area contributed by atoms with E-state index in [4.69, 9.17) is 0 Å². The molecule has 2 heterocycles. The molecule has 2 fully saturated rings. The summed E-state index contributed by atoms with van der Waals surface area (Å²) in [6.45, 7) is 26.0. The predicted octanol–water partition coefficient (Wildman–Crippen LogP) is 4.44. The van der Waals surface area contributed by atoms with Crippen LogP contribution < -0.4 is 0 Å². The van der Waals surface area contributed by atoms with E-state index < -0.39 is 0 Å². The fourth-order valence-electron chi connectivity index (χ4n) is 5.76. The second kappa shape index (κ2) is 11.0. The number of likely N-dealkylation sites (tertiary alicyclic amines) is 2. The molecule has 4 heteroatoms. The second-order valence-corrected chi connectivity index (χ2v) is 9.82. The van der Waals surface area contributed by atoms with Crippen molar-refractivity contribution in [3.05, 3.63) is 0 Å². The average molecular weight is 373 g/mol. The Hall–Kier alpha value is -0.160. The van der Waals surface area contributed by atoms with Crippen LogP contribution in [0.25, 0.3) is 0 Å². The Morgan fingerprint density at radius 1 is 0.538 bits per heavy atom. The van der Waals surface area contributed by atoms with Crippen LogP contribution in [0.2, 0.25) is 0 Å². The Labute approximate surface area is 163 Å². The van der Waals surface area contributed by atoms with Crippen LogP contribution >= 0.6 is 0 Å². The van der Waals surface area contributed by atoms with E-state index >= 15 is 0 Å². The molecule has 2 rings (SSSR count). The molecule has 0 saturated carbocycles. The van der Waals surface area contributed by atoms with Gasteiger partial charge in [0.2, 0.25) is 0 Å². The maximum atomic E-state index is 2.46. The molecular formula is C22H48N2O2. The van der Waals surface area contributed by atoms with E-state index in [1.165, 1.54) is 87.0 Å². The molecular weight excluding hydrogens is 324 g/mol. The van der Waals surface area contributed by atoms with Gasteiger partial charge in [0, 0.05) is 23.7 Å². The molecule has 0 aromatic heterocycles. The molecule has 2 aliphatic heterocycles. The predicted molar refractivity (Wildman–Crippen MR) is 110 cm³/mol. The maximum absolute atomic E-state index is 2.46. The lowest BCUT2D eigenvalue weighted by Crippen LogP contribution is -2.47. The molecule has 0 amide bonds. The molecule has 0 aromatic rings. The minimum absolute atomic E-state index is 0. The maximum Gasteiger partial charge on any atom is 0.0817 e. The smallest absolute Gasteiger partial charge is 0.0817 e. The van der Waals surface area contributed by atoms with Crippen LogP contribution in [-0.4, -0.2) is 72.3 Å². The summed E-state index contributed by atoms with van der Waals surface area (Å²) >= 11 is 0. The van der Waals surface area contributed by atoms with Crippen molar-refractivity contribution in [2.24, 2.45) is 23.7 Å². The first-order valence-corrected chi connectivity index (χ1v) is 11.1. The fraction of sp³-hybridized carbons (Fsp3) is 1.00. The molecule has 0 spiro atoms. The van der Waals surface area contributed by atoms with Crippen LogP contribution in [0.15, 0.2) is 0 Å². The number of nitrogens with zero attached hydrogens (tertiary/aromatic N) is 2. The second-order valence-electron chi connectivity index (χ2n) is 9.82. The normalized spacial score (nSPS) is 39.5. The van der Waals surface area contributed by atoms with Gasteiger partial charge in [-0.1, -0.05) is 27.7 Å². The molecule has 4 unspecified atom stereocenters. The SMILES string of the molecule is CC[N+]1(CCCCCC[N+]2(CC)CC(C)C(C)C2)CC(C)C(C)C1.[OH-].[OH-]. The molecule has 26 heavy (non-hydrogen) atoms. The van der Waals surface area contributed by atoms with Crippen molar-refractivity contribution in [2.45, 2.75) is 67.2 Å². The zero-order chi connectivity index (χ0) is 17.8. The van der Waals surface area contributed by atoms with Crippen LogP contribution in [-0.2, 0) is 0 Å². The Morgan fingerprint density at radius 2 is 0.808 bits per heavy atom. The van der Waals surface area contributed by atoms with Gasteiger partial charge in [0.15, 0.2) is 0 Å². The first-order valence-electron chi connectivity index (χ1n) is 11.1. The lowest BCUT2D eigenvalue weighted by molar-refractivity contribution is -0.918. The van der Waals surface area contributed by atoms with E-state index in [0.29, 0.717) is 0 Å². The van der Waals surface area contributed by atoms with Crippen molar-refractivity contribution < 1.29 is 19.9 Å². The summed E-state index contributed by atoms with van der Waals surface area (Å²) in [6.07, 6.45) is 5.81. The number of hydrogen-bond donors (Lipinski definition) is 0. The third kappa shape index (κ3) is 6.19. The van der Waals surface area contributed by atoms with Crippen LogP contribution in [0.4, 0.5) is 0 Å². The Kier molecular flexibility index (Phi) is 10.9. The largest absolute Gasteiger partial charge is 0.870 e. The highest BCUT2D eigenvalue weighted by atomic mass is 16.0. The first kappa shape index (κ1) is 25.8. The highest BCUT2D eigenvalue weighted by molar-refractivity contribution is 4.71. The van der Waals surface area contributed by atoms with E-state index in [2.05, 4.69) is 41.5 Å². The monoisotopic (exact) mass is 372 g/mol. The average Bonchev–Trinajstić information content (AvgIpc) is 3.01. The molecule has 0 aliphatic carbocycles. The topological polar surface area (TPSA) is 60.0 Å². The quantitative estimate of drug-likeness (QED) is 0.444. The highest BCUT2D eigenvalue weighted by Gasteiger charge is 2.40. The summed E-state index contributed by atoms with van der Waals surface area (Å²) < 4.78 is 2.82. The van der Waals surface area contributed by atoms with Gasteiger partial charge in [-0.2, -0.15) is 0 Å². The van der Waals surface area contributed by atoms with Crippen molar-refractivity contribution in [3.63, 3.8) is 0 Å². The van der Waals surface area contributed by atoms with Gasteiger partial charge >= 0.3 is 0 Å². The minimum Gasteiger partial charge on any atom is -0.870 e. The lowest BCUT2D eigenvalue weighted by atomic mass is 10.0. The Bertz CT molecular complexity index is 332. The van der Waals surface area contributed by atoms with Crippen molar-refractivity contribution in [1.29, 1.82) is 0 Å². The number of hydrogen-bond acceptors (Lipinski definition) is 2. The summed E-state index contributed by atoms with van der Waals surface area (Å²) in [5.41, 5.74) is 0. The van der Waals surface area contributed by atoms with Gasteiger partial charge in [0.25, 0.3) is 0 Å². The Morgan fingerprint density at radius 3 is 1.04 bits per heavy atom. The molecule has 0 aromatic carbocycles. The van der Waals surface area contributed by atoms with Crippen LogP contribution in [0.5, 0.6) is 0 Å². The van der Waals surface area contributed by atoms with Gasteiger partial charge in [-0.3, -0.25) is 0 Å². The van der Waals surface area contributed by atoms with E-state index in [1.807, 2.05) is 0 Å². The molecule has 0 radical (unpaired) electrons. The summed E-state index contributed by atoms with van der Waals surface area (Å²) in [4.78, 5) is 0. The number of quaternary nitrogens is 2. The van der Waals surface area contributed by atoms with Crippen molar-refractivity contribution in [2.75, 3.05) is 52.4 Å². The van der Waals surface area contributed by atoms with Crippen molar-refractivity contribution >= 4 is 0 Å². The summed E-state index contributed by atoms with van der Waals surface area (Å²) in [5, 5.41) is 0. The third-order valence-corrected chi connectivity index (χ3v) is 8.00. The molecule has 4 atom stereocenters. The van der Waals surface area contributed by atoms with Crippen LogP contribution in [0.3, 0.4) is 0 Å². The standard InChI is InChI=1S/C22H46N2.2H2O/c1-7-23(15-19(3)20(4)16-23)13-11-9-10-12-14-24(8-2)17-21(5)22(6)18-24;;/h19-22H,7-18H2,1-6H3;2*1H2/q+2;;/p-2. The summed E-state index contributed by atoms with van der Waals surface area (Å²) in [6, 6.07) is 0. The molecule has 158 valence electrons. The van der Waals surface area contributed by atoms with Gasteiger partial charge in [-0.05, 0) is 39.5 Å².